The van der Waals surface area contributed by atoms with Crippen LogP contribution in [0.4, 0.5) is 5.69 Å². The molecule has 0 radical (unpaired) electrons. The molecule has 25 heavy (non-hydrogen) atoms. The second-order valence-electron chi connectivity index (χ2n) is 5.72. The van der Waals surface area contributed by atoms with Gasteiger partial charge in [-0.3, -0.25) is 4.79 Å². The van der Waals surface area contributed by atoms with Crippen LogP contribution in [0, 0.1) is 25.2 Å². The number of benzene rings is 2. The zero-order chi connectivity index (χ0) is 18.4. The number of nitrogens with one attached hydrogen (secondary N) is 1. The Bertz CT molecular complexity index is 789. The number of nitriles is 1. The first kappa shape index (κ1) is 18.3. The first-order valence-corrected chi connectivity index (χ1v) is 8.17. The Morgan fingerprint density at radius 3 is 2.48 bits per heavy atom. The van der Waals surface area contributed by atoms with Crippen LogP contribution in [-0.4, -0.2) is 18.6 Å². The third-order valence-electron chi connectivity index (χ3n) is 3.77. The van der Waals surface area contributed by atoms with E-state index in [0.29, 0.717) is 23.7 Å². The third-order valence-corrected chi connectivity index (χ3v) is 3.77. The zero-order valence-corrected chi connectivity index (χ0v) is 14.9. The number of amides is 1. The second-order valence-corrected chi connectivity index (χ2v) is 5.72. The minimum absolute atomic E-state index is 0.246. The van der Waals surface area contributed by atoms with E-state index in [0.717, 1.165) is 16.8 Å². The Balaban J connectivity index is 2.15. The van der Waals surface area contributed by atoms with Crippen LogP contribution in [0.2, 0.25) is 0 Å². The lowest BCUT2D eigenvalue weighted by molar-refractivity contribution is -0.122. The van der Waals surface area contributed by atoms with Crippen LogP contribution in [0.15, 0.2) is 36.4 Å². The molecule has 0 heterocycles. The number of carbonyl (C=O) groups is 1. The summed E-state index contributed by atoms with van der Waals surface area (Å²) < 4.78 is 11.3. The maximum atomic E-state index is 12.5. The largest absolute Gasteiger partial charge is 0.490 e. The number of ether oxygens (including phenoxy) is 2. The van der Waals surface area contributed by atoms with Crippen molar-refractivity contribution in [2.75, 3.05) is 11.9 Å². The molecule has 0 aromatic heterocycles. The lowest BCUT2D eigenvalue weighted by Crippen LogP contribution is -2.30. The molecule has 0 aliphatic carbocycles. The Labute approximate surface area is 148 Å². The lowest BCUT2D eigenvalue weighted by atomic mass is 10.1. The highest BCUT2D eigenvalue weighted by Crippen LogP contribution is 2.29. The SMILES string of the molecule is CCOc1cc(C#N)ccc1O[C@H](C)C(=O)Nc1c(C)cccc1C. The molecule has 5 nitrogen and oxygen atoms in total. The van der Waals surface area contributed by atoms with Crippen molar-refractivity contribution in [3.05, 3.63) is 53.1 Å². The lowest BCUT2D eigenvalue weighted by Gasteiger charge is -2.19. The van der Waals surface area contributed by atoms with Gasteiger partial charge in [0.05, 0.1) is 18.2 Å². The molecule has 0 bridgehead atoms. The standard InChI is InChI=1S/C20H22N2O3/c1-5-24-18-11-16(12-21)9-10-17(18)25-15(4)20(23)22-19-13(2)7-6-8-14(19)3/h6-11,15H,5H2,1-4H3,(H,22,23)/t15-/m1/s1. The van der Waals surface area contributed by atoms with Gasteiger partial charge < -0.3 is 14.8 Å². The molecule has 1 amide bonds. The van der Waals surface area contributed by atoms with Crippen molar-refractivity contribution in [1.82, 2.24) is 0 Å². The van der Waals surface area contributed by atoms with E-state index in [2.05, 4.69) is 11.4 Å². The van der Waals surface area contributed by atoms with Crippen molar-refractivity contribution in [1.29, 1.82) is 5.26 Å². The van der Waals surface area contributed by atoms with Crippen LogP contribution in [0.25, 0.3) is 0 Å². The molecule has 2 aromatic rings. The van der Waals surface area contributed by atoms with Gasteiger partial charge in [-0.25, -0.2) is 0 Å². The number of hydrogen-bond donors (Lipinski definition) is 1. The van der Waals surface area contributed by atoms with E-state index in [1.165, 1.54) is 0 Å². The predicted molar refractivity (Wildman–Crippen MR) is 97.0 cm³/mol. The first-order valence-electron chi connectivity index (χ1n) is 8.17. The Hall–Kier alpha value is -3.00. The number of aryl methyl sites for hydroxylation is 2. The summed E-state index contributed by atoms with van der Waals surface area (Å²) in [5.41, 5.74) is 3.26. The van der Waals surface area contributed by atoms with Gasteiger partial charge in [-0.15, -0.1) is 0 Å². The molecule has 2 aromatic carbocycles. The molecule has 0 fully saturated rings. The molecule has 0 saturated carbocycles. The Kier molecular flexibility index (Phi) is 6.02. The quantitative estimate of drug-likeness (QED) is 0.865. The highest BCUT2D eigenvalue weighted by molar-refractivity contribution is 5.95. The van der Waals surface area contributed by atoms with Crippen molar-refractivity contribution >= 4 is 11.6 Å². The summed E-state index contributed by atoms with van der Waals surface area (Å²) >= 11 is 0. The van der Waals surface area contributed by atoms with E-state index in [4.69, 9.17) is 14.7 Å². The summed E-state index contributed by atoms with van der Waals surface area (Å²) in [6.07, 6.45) is -0.717. The molecule has 2 rings (SSSR count). The van der Waals surface area contributed by atoms with E-state index in [9.17, 15) is 4.79 Å². The minimum atomic E-state index is -0.717. The highest BCUT2D eigenvalue weighted by atomic mass is 16.5. The maximum absolute atomic E-state index is 12.5. The zero-order valence-electron chi connectivity index (χ0n) is 14.9. The molecule has 130 valence electrons. The van der Waals surface area contributed by atoms with E-state index >= 15 is 0 Å². The van der Waals surface area contributed by atoms with Gasteiger partial charge in [-0.05, 0) is 51.0 Å². The highest BCUT2D eigenvalue weighted by Gasteiger charge is 2.19. The van der Waals surface area contributed by atoms with Crippen LogP contribution < -0.4 is 14.8 Å². The monoisotopic (exact) mass is 338 g/mol. The number of anilines is 1. The number of hydrogen-bond acceptors (Lipinski definition) is 4. The van der Waals surface area contributed by atoms with Crippen molar-refractivity contribution in [2.45, 2.75) is 33.8 Å². The van der Waals surface area contributed by atoms with Gasteiger partial charge in [-0.2, -0.15) is 5.26 Å². The summed E-state index contributed by atoms with van der Waals surface area (Å²) in [7, 11) is 0. The van der Waals surface area contributed by atoms with Gasteiger partial charge >= 0.3 is 0 Å². The van der Waals surface area contributed by atoms with Gasteiger partial charge in [0.25, 0.3) is 5.91 Å². The van der Waals surface area contributed by atoms with Gasteiger partial charge in [0, 0.05) is 11.8 Å². The van der Waals surface area contributed by atoms with Crippen molar-refractivity contribution < 1.29 is 14.3 Å². The smallest absolute Gasteiger partial charge is 0.265 e. The fraction of sp³-hybridized carbons (Fsp3) is 0.300. The number of para-hydroxylation sites is 1. The normalized spacial score (nSPS) is 11.3. The molecule has 0 aliphatic heterocycles. The summed E-state index contributed by atoms with van der Waals surface area (Å²) in [4.78, 5) is 12.5. The second kappa shape index (κ2) is 8.20. The average Bonchev–Trinajstić information content (AvgIpc) is 2.59. The summed E-state index contributed by atoms with van der Waals surface area (Å²) in [5, 5.41) is 11.9. The van der Waals surface area contributed by atoms with Crippen LogP contribution in [0.5, 0.6) is 11.5 Å². The van der Waals surface area contributed by atoms with Gasteiger partial charge in [0.1, 0.15) is 0 Å². The van der Waals surface area contributed by atoms with Crippen LogP contribution in [-0.2, 0) is 4.79 Å². The molecule has 5 heteroatoms. The Morgan fingerprint density at radius 2 is 1.88 bits per heavy atom. The Morgan fingerprint density at radius 1 is 1.20 bits per heavy atom. The van der Waals surface area contributed by atoms with Gasteiger partial charge in [0.2, 0.25) is 0 Å². The number of nitrogens with zero attached hydrogens (tertiary/aromatic N) is 1. The van der Waals surface area contributed by atoms with Gasteiger partial charge in [-0.1, -0.05) is 18.2 Å². The average molecular weight is 338 g/mol. The first-order chi connectivity index (χ1) is 12.0. The molecule has 1 N–H and O–H groups in total. The predicted octanol–water partition coefficient (Wildman–Crippen LogP) is 3.98. The minimum Gasteiger partial charge on any atom is -0.490 e. The van der Waals surface area contributed by atoms with Crippen LogP contribution in [0.3, 0.4) is 0 Å². The van der Waals surface area contributed by atoms with Crippen LogP contribution in [0.1, 0.15) is 30.5 Å². The molecular formula is C20H22N2O3. The molecule has 1 atom stereocenters. The molecule has 0 saturated heterocycles. The number of rotatable bonds is 6. The van der Waals surface area contributed by atoms with Crippen molar-refractivity contribution in [3.8, 4) is 17.6 Å². The molecule has 0 unspecified atom stereocenters. The van der Waals surface area contributed by atoms with Crippen LogP contribution >= 0.6 is 0 Å². The van der Waals surface area contributed by atoms with Gasteiger partial charge in [0.15, 0.2) is 17.6 Å². The summed E-state index contributed by atoms with van der Waals surface area (Å²) in [6.45, 7) is 7.86. The van der Waals surface area contributed by atoms with Crippen molar-refractivity contribution in [2.24, 2.45) is 0 Å². The van der Waals surface area contributed by atoms with Crippen molar-refractivity contribution in [3.63, 3.8) is 0 Å². The molecule has 0 aliphatic rings. The van der Waals surface area contributed by atoms with E-state index in [1.807, 2.05) is 39.0 Å². The fourth-order valence-electron chi connectivity index (χ4n) is 2.42. The third kappa shape index (κ3) is 4.51. The molecular weight excluding hydrogens is 316 g/mol. The maximum Gasteiger partial charge on any atom is 0.265 e. The summed E-state index contributed by atoms with van der Waals surface area (Å²) in [6, 6.07) is 12.8. The fourth-order valence-corrected chi connectivity index (χ4v) is 2.42. The topological polar surface area (TPSA) is 71.3 Å². The molecule has 0 spiro atoms. The number of carbonyl (C=O) groups excluding carboxylic acids is 1. The van der Waals surface area contributed by atoms with E-state index in [1.54, 1.807) is 25.1 Å². The summed E-state index contributed by atoms with van der Waals surface area (Å²) in [5.74, 6) is 0.641. The van der Waals surface area contributed by atoms with E-state index < -0.39 is 6.10 Å². The van der Waals surface area contributed by atoms with E-state index in [-0.39, 0.29) is 5.91 Å².